The number of carbonyl (C=O) groups excluding carboxylic acids is 1. The van der Waals surface area contributed by atoms with Gasteiger partial charge in [0.05, 0.1) is 6.61 Å². The van der Waals surface area contributed by atoms with E-state index >= 15 is 0 Å². The van der Waals surface area contributed by atoms with Gasteiger partial charge in [-0.3, -0.25) is 0 Å². The van der Waals surface area contributed by atoms with E-state index in [1.54, 1.807) is 6.92 Å². The van der Waals surface area contributed by atoms with Crippen LogP contribution >= 0.6 is 0 Å². The summed E-state index contributed by atoms with van der Waals surface area (Å²) >= 11 is 0. The van der Waals surface area contributed by atoms with Crippen LogP contribution in [0.2, 0.25) is 0 Å². The summed E-state index contributed by atoms with van der Waals surface area (Å²) in [4.78, 5) is 11.9. The second-order valence-electron chi connectivity index (χ2n) is 3.94. The van der Waals surface area contributed by atoms with Crippen LogP contribution in [-0.4, -0.2) is 19.7 Å². The van der Waals surface area contributed by atoms with E-state index in [0.29, 0.717) is 6.61 Å². The zero-order chi connectivity index (χ0) is 13.0. The molecule has 0 aliphatic heterocycles. The van der Waals surface area contributed by atoms with Crippen molar-refractivity contribution in [2.24, 2.45) is 0 Å². The minimum atomic E-state index is -0.670. The standard InChI is InChI=1S/C15H16O3/c1-3-18-15(16)14(17-2)13-10-6-8-11-7-4-5-9-12(11)13/h4-10,14H,3H2,1-2H3. The van der Waals surface area contributed by atoms with Gasteiger partial charge in [0, 0.05) is 7.11 Å². The highest BCUT2D eigenvalue weighted by molar-refractivity contribution is 5.90. The Morgan fingerprint density at radius 3 is 2.61 bits per heavy atom. The van der Waals surface area contributed by atoms with Crippen molar-refractivity contribution in [3.05, 3.63) is 48.0 Å². The molecule has 0 fully saturated rings. The number of methoxy groups -OCH3 is 1. The van der Waals surface area contributed by atoms with Crippen LogP contribution in [0.1, 0.15) is 18.6 Å². The summed E-state index contributed by atoms with van der Waals surface area (Å²) in [6, 6.07) is 13.7. The van der Waals surface area contributed by atoms with E-state index in [0.717, 1.165) is 16.3 Å². The molecule has 0 bridgehead atoms. The van der Waals surface area contributed by atoms with Crippen molar-refractivity contribution in [3.8, 4) is 0 Å². The van der Waals surface area contributed by atoms with Crippen LogP contribution in [0.25, 0.3) is 10.8 Å². The third kappa shape index (κ3) is 2.36. The number of ether oxygens (including phenoxy) is 2. The molecule has 1 unspecified atom stereocenters. The third-order valence-corrected chi connectivity index (χ3v) is 2.84. The number of carbonyl (C=O) groups is 1. The first kappa shape index (κ1) is 12.6. The topological polar surface area (TPSA) is 35.5 Å². The quantitative estimate of drug-likeness (QED) is 0.775. The molecule has 3 nitrogen and oxygen atoms in total. The molecule has 0 spiro atoms. The van der Waals surface area contributed by atoms with E-state index < -0.39 is 6.10 Å². The Kier molecular flexibility index (Phi) is 3.95. The summed E-state index contributed by atoms with van der Waals surface area (Å²) in [5.74, 6) is -0.351. The number of esters is 1. The lowest BCUT2D eigenvalue weighted by Crippen LogP contribution is -2.17. The van der Waals surface area contributed by atoms with E-state index in [4.69, 9.17) is 9.47 Å². The summed E-state index contributed by atoms with van der Waals surface area (Å²) in [5, 5.41) is 2.10. The Morgan fingerprint density at radius 2 is 1.89 bits per heavy atom. The molecule has 2 rings (SSSR count). The van der Waals surface area contributed by atoms with Gasteiger partial charge in [-0.15, -0.1) is 0 Å². The highest BCUT2D eigenvalue weighted by atomic mass is 16.6. The number of fused-ring (bicyclic) bond motifs is 1. The molecule has 3 heteroatoms. The van der Waals surface area contributed by atoms with Crippen molar-refractivity contribution >= 4 is 16.7 Å². The van der Waals surface area contributed by atoms with Crippen molar-refractivity contribution in [1.82, 2.24) is 0 Å². The molecular weight excluding hydrogens is 228 g/mol. The average molecular weight is 244 g/mol. The Morgan fingerprint density at radius 1 is 1.17 bits per heavy atom. The van der Waals surface area contributed by atoms with Crippen molar-refractivity contribution in [3.63, 3.8) is 0 Å². The van der Waals surface area contributed by atoms with E-state index in [1.165, 1.54) is 7.11 Å². The van der Waals surface area contributed by atoms with E-state index in [-0.39, 0.29) is 5.97 Å². The largest absolute Gasteiger partial charge is 0.464 e. The molecule has 2 aromatic rings. The Bertz CT molecular complexity index is 543. The van der Waals surface area contributed by atoms with Gasteiger partial charge < -0.3 is 9.47 Å². The molecule has 0 radical (unpaired) electrons. The van der Waals surface area contributed by atoms with Crippen molar-refractivity contribution in [2.75, 3.05) is 13.7 Å². The fraction of sp³-hybridized carbons (Fsp3) is 0.267. The van der Waals surface area contributed by atoms with Crippen molar-refractivity contribution in [2.45, 2.75) is 13.0 Å². The molecule has 18 heavy (non-hydrogen) atoms. The zero-order valence-electron chi connectivity index (χ0n) is 10.6. The van der Waals surface area contributed by atoms with Gasteiger partial charge >= 0.3 is 5.97 Å². The van der Waals surface area contributed by atoms with Gasteiger partial charge in [0.1, 0.15) is 0 Å². The predicted octanol–water partition coefficient (Wildman–Crippen LogP) is 3.09. The molecule has 0 heterocycles. The average Bonchev–Trinajstić information content (AvgIpc) is 2.40. The monoisotopic (exact) mass is 244 g/mol. The van der Waals surface area contributed by atoms with Crippen molar-refractivity contribution < 1.29 is 14.3 Å². The highest BCUT2D eigenvalue weighted by Gasteiger charge is 2.22. The van der Waals surface area contributed by atoms with Crippen LogP contribution < -0.4 is 0 Å². The molecule has 0 aromatic heterocycles. The fourth-order valence-electron chi connectivity index (χ4n) is 2.05. The first-order valence-electron chi connectivity index (χ1n) is 5.95. The Balaban J connectivity index is 2.48. The second-order valence-corrected chi connectivity index (χ2v) is 3.94. The molecule has 0 amide bonds. The number of benzene rings is 2. The fourth-order valence-corrected chi connectivity index (χ4v) is 2.05. The smallest absolute Gasteiger partial charge is 0.339 e. The van der Waals surface area contributed by atoms with Gasteiger partial charge in [-0.25, -0.2) is 4.79 Å². The molecule has 0 saturated carbocycles. The first-order valence-corrected chi connectivity index (χ1v) is 5.95. The molecule has 0 N–H and O–H groups in total. The molecule has 0 aliphatic carbocycles. The van der Waals surface area contributed by atoms with E-state index in [2.05, 4.69) is 0 Å². The number of hydrogen-bond acceptors (Lipinski definition) is 3. The molecule has 94 valence electrons. The molecule has 0 aliphatic rings. The Labute approximate surface area is 106 Å². The van der Waals surface area contributed by atoms with Crippen LogP contribution in [0.15, 0.2) is 42.5 Å². The maximum absolute atomic E-state index is 11.9. The molecule has 0 saturated heterocycles. The lowest BCUT2D eigenvalue weighted by atomic mass is 10.0. The van der Waals surface area contributed by atoms with Crippen LogP contribution in [0.3, 0.4) is 0 Å². The van der Waals surface area contributed by atoms with Gasteiger partial charge in [-0.1, -0.05) is 42.5 Å². The maximum atomic E-state index is 11.9. The predicted molar refractivity (Wildman–Crippen MR) is 70.3 cm³/mol. The van der Waals surface area contributed by atoms with Gasteiger partial charge in [0.2, 0.25) is 0 Å². The number of hydrogen-bond donors (Lipinski definition) is 0. The summed E-state index contributed by atoms with van der Waals surface area (Å²) in [7, 11) is 1.52. The molecular formula is C15H16O3. The van der Waals surface area contributed by atoms with Crippen LogP contribution in [0, 0.1) is 0 Å². The molecule has 2 aromatic carbocycles. The minimum Gasteiger partial charge on any atom is -0.464 e. The lowest BCUT2D eigenvalue weighted by Gasteiger charge is -2.16. The summed E-state index contributed by atoms with van der Waals surface area (Å²) < 4.78 is 10.3. The van der Waals surface area contributed by atoms with Gasteiger partial charge in [-0.2, -0.15) is 0 Å². The van der Waals surface area contributed by atoms with E-state index in [9.17, 15) is 4.79 Å². The summed E-state index contributed by atoms with van der Waals surface area (Å²) in [6.07, 6.45) is -0.670. The van der Waals surface area contributed by atoms with Crippen LogP contribution in [0.5, 0.6) is 0 Å². The van der Waals surface area contributed by atoms with Gasteiger partial charge in [0.15, 0.2) is 6.10 Å². The second kappa shape index (κ2) is 5.65. The SMILES string of the molecule is CCOC(=O)C(OC)c1cccc2ccccc12. The van der Waals surface area contributed by atoms with Gasteiger partial charge in [-0.05, 0) is 23.3 Å². The molecule has 1 atom stereocenters. The van der Waals surface area contributed by atoms with Crippen molar-refractivity contribution in [1.29, 1.82) is 0 Å². The van der Waals surface area contributed by atoms with Crippen LogP contribution in [-0.2, 0) is 14.3 Å². The zero-order valence-corrected chi connectivity index (χ0v) is 10.6. The van der Waals surface area contributed by atoms with E-state index in [1.807, 2.05) is 42.5 Å². The van der Waals surface area contributed by atoms with Crippen LogP contribution in [0.4, 0.5) is 0 Å². The first-order chi connectivity index (χ1) is 8.77. The maximum Gasteiger partial charge on any atom is 0.339 e. The van der Waals surface area contributed by atoms with Gasteiger partial charge in [0.25, 0.3) is 0 Å². The lowest BCUT2D eigenvalue weighted by molar-refractivity contribution is -0.155. The minimum absolute atomic E-state index is 0.351. The Hall–Kier alpha value is -1.87. The third-order valence-electron chi connectivity index (χ3n) is 2.84. The highest BCUT2D eigenvalue weighted by Crippen LogP contribution is 2.27. The number of rotatable bonds is 4. The normalized spacial score (nSPS) is 12.3. The summed E-state index contributed by atoms with van der Waals surface area (Å²) in [5.41, 5.74) is 0.842. The summed E-state index contributed by atoms with van der Waals surface area (Å²) in [6.45, 7) is 2.14.